The second kappa shape index (κ2) is 10.2. The van der Waals surface area contributed by atoms with Crippen LogP contribution in [0.4, 0.5) is 0 Å². The van der Waals surface area contributed by atoms with E-state index in [0.717, 1.165) is 12.3 Å². The lowest BCUT2D eigenvalue weighted by Gasteiger charge is -2.16. The number of nitrogens with zero attached hydrogens (tertiary/aromatic N) is 1. The fourth-order valence-electron chi connectivity index (χ4n) is 2.76. The monoisotopic (exact) mass is 481 g/mol. The third-order valence-electron chi connectivity index (χ3n) is 3.74. The highest BCUT2D eigenvalue weighted by Gasteiger charge is 2.28. The van der Waals surface area contributed by atoms with E-state index in [4.69, 9.17) is 4.74 Å². The number of benzene rings is 1. The third-order valence-corrected chi connectivity index (χ3v) is 5.51. The Balaban J connectivity index is 0.00000312. The van der Waals surface area contributed by atoms with Gasteiger partial charge in [0.15, 0.2) is 15.8 Å². The molecule has 25 heavy (non-hydrogen) atoms. The van der Waals surface area contributed by atoms with Gasteiger partial charge >= 0.3 is 0 Å². The van der Waals surface area contributed by atoms with E-state index in [1.54, 1.807) is 0 Å². The van der Waals surface area contributed by atoms with Crippen molar-refractivity contribution in [2.75, 3.05) is 31.2 Å². The summed E-state index contributed by atoms with van der Waals surface area (Å²) in [5.74, 6) is 1.92. The Morgan fingerprint density at radius 1 is 1.28 bits per heavy atom. The number of guanidine groups is 1. The molecule has 0 bridgehead atoms. The molecule has 1 unspecified atom stereocenters. The summed E-state index contributed by atoms with van der Waals surface area (Å²) in [5, 5.41) is 6.34. The van der Waals surface area contributed by atoms with E-state index in [2.05, 4.69) is 21.7 Å². The summed E-state index contributed by atoms with van der Waals surface area (Å²) in [4.78, 5) is 4.46. The van der Waals surface area contributed by atoms with Gasteiger partial charge in [0.1, 0.15) is 12.4 Å². The number of sulfone groups is 1. The molecular weight excluding hydrogens is 453 g/mol. The fourth-order valence-corrected chi connectivity index (χ4v) is 4.43. The number of rotatable bonds is 6. The van der Waals surface area contributed by atoms with Gasteiger partial charge in [0, 0.05) is 12.6 Å². The van der Waals surface area contributed by atoms with E-state index in [-0.39, 0.29) is 41.5 Å². The number of hydrogen-bond acceptors (Lipinski definition) is 4. The van der Waals surface area contributed by atoms with Crippen molar-refractivity contribution in [2.24, 2.45) is 4.99 Å². The minimum atomic E-state index is -2.90. The summed E-state index contributed by atoms with van der Waals surface area (Å²) in [6.45, 7) is 7.77. The molecular formula is C17H28IN3O3S. The van der Waals surface area contributed by atoms with Crippen molar-refractivity contribution in [3.8, 4) is 5.75 Å². The molecule has 1 saturated heterocycles. The van der Waals surface area contributed by atoms with Crippen LogP contribution in [0.5, 0.6) is 5.75 Å². The highest BCUT2D eigenvalue weighted by Crippen LogP contribution is 2.16. The van der Waals surface area contributed by atoms with Crippen LogP contribution in [0.1, 0.15) is 24.5 Å². The van der Waals surface area contributed by atoms with Gasteiger partial charge in [-0.25, -0.2) is 13.4 Å². The largest absolute Gasteiger partial charge is 0.492 e. The van der Waals surface area contributed by atoms with Gasteiger partial charge in [-0.3, -0.25) is 0 Å². The molecule has 1 atom stereocenters. The summed E-state index contributed by atoms with van der Waals surface area (Å²) < 4.78 is 28.8. The van der Waals surface area contributed by atoms with Gasteiger partial charge in [0.2, 0.25) is 0 Å². The van der Waals surface area contributed by atoms with Crippen molar-refractivity contribution >= 4 is 39.8 Å². The molecule has 1 heterocycles. The van der Waals surface area contributed by atoms with Crippen LogP contribution in [-0.4, -0.2) is 51.6 Å². The smallest absolute Gasteiger partial charge is 0.191 e. The first-order valence-corrected chi connectivity index (χ1v) is 10.2. The molecule has 0 radical (unpaired) electrons. The Bertz CT molecular complexity index is 672. The Morgan fingerprint density at radius 3 is 2.52 bits per heavy atom. The molecule has 1 aromatic carbocycles. The second-order valence-corrected chi connectivity index (χ2v) is 8.41. The molecule has 8 heteroatoms. The van der Waals surface area contributed by atoms with Crippen molar-refractivity contribution in [3.05, 3.63) is 29.3 Å². The molecule has 2 N–H and O–H groups in total. The summed E-state index contributed by atoms with van der Waals surface area (Å²) >= 11 is 0. The average molecular weight is 481 g/mol. The molecule has 0 aromatic heterocycles. The molecule has 1 aliphatic heterocycles. The zero-order valence-corrected chi connectivity index (χ0v) is 18.2. The number of aliphatic imine (C=N–C) groups is 1. The van der Waals surface area contributed by atoms with Crippen LogP contribution < -0.4 is 15.4 Å². The average Bonchev–Trinajstić information content (AvgIpc) is 2.81. The zero-order valence-electron chi connectivity index (χ0n) is 15.0. The molecule has 0 amide bonds. The van der Waals surface area contributed by atoms with E-state index < -0.39 is 9.84 Å². The van der Waals surface area contributed by atoms with Crippen molar-refractivity contribution in [1.29, 1.82) is 0 Å². The summed E-state index contributed by atoms with van der Waals surface area (Å²) in [6, 6.07) is 6.05. The molecule has 6 nitrogen and oxygen atoms in total. The molecule has 1 aliphatic rings. The maximum Gasteiger partial charge on any atom is 0.191 e. The van der Waals surface area contributed by atoms with Crippen molar-refractivity contribution in [1.82, 2.24) is 10.6 Å². The van der Waals surface area contributed by atoms with Crippen molar-refractivity contribution < 1.29 is 13.2 Å². The van der Waals surface area contributed by atoms with Gasteiger partial charge in [0.05, 0.1) is 18.1 Å². The SMILES string of the molecule is CCNC(=NCCOc1cc(C)cc(C)c1)NC1CCS(=O)(=O)C1.I. The lowest BCUT2D eigenvalue weighted by atomic mass is 10.1. The topological polar surface area (TPSA) is 79.8 Å². The standard InChI is InChI=1S/C17H27N3O3S.HI/c1-4-18-17(20-15-5-8-24(21,22)12-15)19-6-7-23-16-10-13(2)9-14(3)11-16;/h9-11,15H,4-8,12H2,1-3H3,(H2,18,19,20);1H. The van der Waals surface area contributed by atoms with Gasteiger partial charge in [-0.15, -0.1) is 24.0 Å². The molecule has 1 fully saturated rings. The second-order valence-electron chi connectivity index (χ2n) is 6.18. The number of hydrogen-bond donors (Lipinski definition) is 2. The quantitative estimate of drug-likeness (QED) is 0.282. The number of ether oxygens (including phenoxy) is 1. The predicted octanol–water partition coefficient (Wildman–Crippen LogP) is 2.04. The van der Waals surface area contributed by atoms with Gasteiger partial charge in [-0.05, 0) is 50.5 Å². The third kappa shape index (κ3) is 7.81. The maximum absolute atomic E-state index is 11.5. The summed E-state index contributed by atoms with van der Waals surface area (Å²) in [6.07, 6.45) is 0.631. The Labute approximate surface area is 167 Å². The molecule has 2 rings (SSSR count). The fraction of sp³-hybridized carbons (Fsp3) is 0.588. The highest BCUT2D eigenvalue weighted by atomic mass is 127. The van der Waals surface area contributed by atoms with Gasteiger partial charge in [-0.1, -0.05) is 6.07 Å². The van der Waals surface area contributed by atoms with E-state index in [9.17, 15) is 8.42 Å². The summed E-state index contributed by atoms with van der Waals surface area (Å²) in [7, 11) is -2.90. The van der Waals surface area contributed by atoms with E-state index >= 15 is 0 Å². The molecule has 0 saturated carbocycles. The van der Waals surface area contributed by atoms with E-state index in [0.29, 0.717) is 25.5 Å². The number of halogens is 1. The first-order valence-electron chi connectivity index (χ1n) is 8.34. The Kier molecular flexibility index (Phi) is 8.98. The normalized spacial score (nSPS) is 19.2. The van der Waals surface area contributed by atoms with Crippen LogP contribution in [0.25, 0.3) is 0 Å². The van der Waals surface area contributed by atoms with Gasteiger partial charge in [0.25, 0.3) is 0 Å². The first kappa shape index (κ1) is 22.0. The Hall–Kier alpha value is -1.03. The first-order chi connectivity index (χ1) is 11.4. The van der Waals surface area contributed by atoms with E-state index in [1.807, 2.05) is 32.9 Å². The van der Waals surface area contributed by atoms with Crippen LogP contribution in [-0.2, 0) is 9.84 Å². The number of nitrogens with one attached hydrogen (secondary N) is 2. The zero-order chi connectivity index (χ0) is 17.6. The van der Waals surface area contributed by atoms with E-state index in [1.165, 1.54) is 11.1 Å². The Morgan fingerprint density at radius 2 is 1.96 bits per heavy atom. The van der Waals surface area contributed by atoms with Crippen LogP contribution in [0.15, 0.2) is 23.2 Å². The van der Waals surface area contributed by atoms with Crippen LogP contribution in [0, 0.1) is 13.8 Å². The number of aryl methyl sites for hydroxylation is 2. The van der Waals surface area contributed by atoms with Crippen LogP contribution >= 0.6 is 24.0 Å². The van der Waals surface area contributed by atoms with Crippen molar-refractivity contribution in [2.45, 2.75) is 33.2 Å². The van der Waals surface area contributed by atoms with Gasteiger partial charge < -0.3 is 15.4 Å². The lowest BCUT2D eigenvalue weighted by molar-refractivity contribution is 0.328. The molecule has 0 spiro atoms. The lowest BCUT2D eigenvalue weighted by Crippen LogP contribution is -2.44. The van der Waals surface area contributed by atoms with Crippen LogP contribution in [0.2, 0.25) is 0 Å². The minimum absolute atomic E-state index is 0. The maximum atomic E-state index is 11.5. The predicted molar refractivity (Wildman–Crippen MR) is 113 cm³/mol. The summed E-state index contributed by atoms with van der Waals surface area (Å²) in [5.41, 5.74) is 2.34. The molecule has 1 aromatic rings. The molecule has 142 valence electrons. The van der Waals surface area contributed by atoms with Crippen LogP contribution in [0.3, 0.4) is 0 Å². The minimum Gasteiger partial charge on any atom is -0.492 e. The van der Waals surface area contributed by atoms with Gasteiger partial charge in [-0.2, -0.15) is 0 Å². The highest BCUT2D eigenvalue weighted by molar-refractivity contribution is 14.0. The van der Waals surface area contributed by atoms with Crippen molar-refractivity contribution in [3.63, 3.8) is 0 Å². The molecule has 0 aliphatic carbocycles.